The lowest BCUT2D eigenvalue weighted by Gasteiger charge is -2.22. The number of ether oxygens (including phenoxy) is 1. The minimum Gasteiger partial charge on any atom is -0.496 e. The zero-order valence-electron chi connectivity index (χ0n) is 18.8. The molecular weight excluding hydrogens is 400 g/mol. The lowest BCUT2D eigenvalue weighted by molar-refractivity contribution is 0.0940. The summed E-state index contributed by atoms with van der Waals surface area (Å²) in [4.78, 5) is 12.8. The fourth-order valence-electron chi connectivity index (χ4n) is 3.56. The number of amides is 1. The van der Waals surface area contributed by atoms with Crippen LogP contribution in [0.4, 0.5) is 5.69 Å². The molecule has 2 aromatic carbocycles. The maximum absolute atomic E-state index is 12.8. The number of carbonyl (C=O) groups is 1. The molecule has 2 aromatic rings. The Kier molecular flexibility index (Phi) is 7.53. The van der Waals surface area contributed by atoms with Gasteiger partial charge < -0.3 is 10.1 Å². The van der Waals surface area contributed by atoms with Crippen LogP contribution in [0.1, 0.15) is 66.7 Å². The van der Waals surface area contributed by atoms with Gasteiger partial charge in [0.2, 0.25) is 10.0 Å². The number of hydrogen-bond donors (Lipinski definition) is 1. The molecule has 2 rings (SSSR count). The van der Waals surface area contributed by atoms with Crippen molar-refractivity contribution in [3.63, 3.8) is 0 Å². The quantitative estimate of drug-likeness (QED) is 0.671. The van der Waals surface area contributed by atoms with Crippen LogP contribution in [-0.4, -0.2) is 34.2 Å². The average molecular weight is 433 g/mol. The van der Waals surface area contributed by atoms with Crippen LogP contribution in [0.15, 0.2) is 36.4 Å². The van der Waals surface area contributed by atoms with Gasteiger partial charge in [-0.1, -0.05) is 13.8 Å². The van der Waals surface area contributed by atoms with E-state index in [0.717, 1.165) is 22.4 Å². The summed E-state index contributed by atoms with van der Waals surface area (Å²) in [5.41, 5.74) is 4.21. The fourth-order valence-corrected chi connectivity index (χ4v) is 4.53. The summed E-state index contributed by atoms with van der Waals surface area (Å²) < 4.78 is 30.5. The highest BCUT2D eigenvalue weighted by atomic mass is 32.2. The molecule has 7 heteroatoms. The number of aryl methyl sites for hydroxylation is 1. The van der Waals surface area contributed by atoms with Crippen molar-refractivity contribution in [2.75, 3.05) is 24.2 Å². The maximum atomic E-state index is 12.8. The first-order valence-corrected chi connectivity index (χ1v) is 11.9. The Labute approximate surface area is 180 Å². The third kappa shape index (κ3) is 5.33. The van der Waals surface area contributed by atoms with Crippen molar-refractivity contribution in [2.45, 2.75) is 46.6 Å². The molecule has 0 saturated heterocycles. The van der Waals surface area contributed by atoms with Crippen molar-refractivity contribution in [3.8, 4) is 5.75 Å². The van der Waals surface area contributed by atoms with Gasteiger partial charge >= 0.3 is 0 Å². The normalized spacial score (nSPS) is 12.5. The molecule has 0 saturated carbocycles. The molecular formula is C23H32N2O4S. The van der Waals surface area contributed by atoms with Crippen LogP contribution in [0, 0.1) is 6.92 Å². The Balaban J connectivity index is 2.23. The van der Waals surface area contributed by atoms with E-state index in [1.165, 1.54) is 10.6 Å². The second kappa shape index (κ2) is 9.51. The summed E-state index contributed by atoms with van der Waals surface area (Å²) in [7, 11) is -1.69. The Hall–Kier alpha value is -2.54. The van der Waals surface area contributed by atoms with Crippen LogP contribution >= 0.6 is 0 Å². The molecule has 0 unspecified atom stereocenters. The Morgan fingerprint density at radius 2 is 1.70 bits per heavy atom. The van der Waals surface area contributed by atoms with Crippen molar-refractivity contribution in [1.29, 1.82) is 0 Å². The highest BCUT2D eigenvalue weighted by molar-refractivity contribution is 7.92. The van der Waals surface area contributed by atoms with E-state index < -0.39 is 10.0 Å². The molecule has 1 amide bonds. The summed E-state index contributed by atoms with van der Waals surface area (Å²) in [5, 5.41) is 3.04. The molecule has 0 bridgehead atoms. The molecule has 1 atom stereocenters. The number of nitrogens with one attached hydrogen (secondary N) is 1. The molecule has 1 N–H and O–H groups in total. The fraction of sp³-hybridized carbons (Fsp3) is 0.435. The first-order valence-electron chi connectivity index (χ1n) is 10.1. The van der Waals surface area contributed by atoms with Crippen molar-refractivity contribution < 1.29 is 17.9 Å². The largest absolute Gasteiger partial charge is 0.496 e. The Morgan fingerprint density at radius 1 is 1.10 bits per heavy atom. The van der Waals surface area contributed by atoms with Crippen LogP contribution in [-0.2, 0) is 10.0 Å². The highest BCUT2D eigenvalue weighted by Crippen LogP contribution is 2.32. The van der Waals surface area contributed by atoms with Gasteiger partial charge in [-0.25, -0.2) is 8.42 Å². The van der Waals surface area contributed by atoms with E-state index >= 15 is 0 Å². The second-order valence-electron chi connectivity index (χ2n) is 7.78. The van der Waals surface area contributed by atoms with Crippen molar-refractivity contribution >= 4 is 21.6 Å². The third-order valence-corrected chi connectivity index (χ3v) is 6.43. The molecule has 0 aliphatic carbocycles. The van der Waals surface area contributed by atoms with Crippen LogP contribution in [0.5, 0.6) is 5.75 Å². The standard InChI is InChI=1S/C23H32N2O4S/c1-8-25(30(7,27)28)19-11-9-18(10-12-19)23(26)24-17(5)21-14-20(15(2)3)22(29-6)13-16(21)4/h9-15,17H,8H2,1-7H3,(H,24,26)/t17-/m0/s1. The van der Waals surface area contributed by atoms with Crippen LogP contribution in [0.2, 0.25) is 0 Å². The number of methoxy groups -OCH3 is 1. The summed E-state index contributed by atoms with van der Waals surface area (Å²) in [6.07, 6.45) is 1.17. The summed E-state index contributed by atoms with van der Waals surface area (Å²) in [6.45, 7) is 10.3. The molecule has 164 valence electrons. The van der Waals surface area contributed by atoms with Gasteiger partial charge in [0.05, 0.1) is 25.1 Å². The van der Waals surface area contributed by atoms with Crippen LogP contribution < -0.4 is 14.4 Å². The molecule has 0 aliphatic heterocycles. The topological polar surface area (TPSA) is 75.7 Å². The number of anilines is 1. The van der Waals surface area contributed by atoms with Crippen molar-refractivity contribution in [3.05, 3.63) is 58.7 Å². The number of hydrogen-bond acceptors (Lipinski definition) is 4. The van der Waals surface area contributed by atoms with Gasteiger partial charge in [-0.2, -0.15) is 0 Å². The van der Waals surface area contributed by atoms with Gasteiger partial charge in [-0.3, -0.25) is 9.10 Å². The lowest BCUT2D eigenvalue weighted by atomic mass is 9.93. The van der Waals surface area contributed by atoms with E-state index in [2.05, 4.69) is 25.2 Å². The first kappa shape index (κ1) is 23.7. The molecule has 0 spiro atoms. The van der Waals surface area contributed by atoms with Gasteiger partial charge in [-0.05, 0) is 79.8 Å². The van der Waals surface area contributed by atoms with Gasteiger partial charge in [0.1, 0.15) is 5.75 Å². The van der Waals surface area contributed by atoms with Gasteiger partial charge in [0.15, 0.2) is 0 Å². The molecule has 0 aromatic heterocycles. The first-order chi connectivity index (χ1) is 14.0. The SMILES string of the molecule is CCN(c1ccc(C(=O)N[C@@H](C)c2cc(C(C)C)c(OC)cc2C)cc1)S(C)(=O)=O. The van der Waals surface area contributed by atoms with E-state index in [1.807, 2.05) is 19.9 Å². The molecule has 6 nitrogen and oxygen atoms in total. The minimum atomic E-state index is -3.36. The van der Waals surface area contributed by atoms with Gasteiger partial charge in [0.25, 0.3) is 5.91 Å². The number of carbonyl (C=O) groups excluding carboxylic acids is 1. The maximum Gasteiger partial charge on any atom is 0.251 e. The summed E-state index contributed by atoms with van der Waals surface area (Å²) in [5.74, 6) is 0.940. The van der Waals surface area contributed by atoms with E-state index in [9.17, 15) is 13.2 Å². The Bertz CT molecular complexity index is 999. The average Bonchev–Trinajstić information content (AvgIpc) is 2.67. The van der Waals surface area contributed by atoms with Crippen molar-refractivity contribution in [2.24, 2.45) is 0 Å². The molecule has 0 aliphatic rings. The zero-order valence-corrected chi connectivity index (χ0v) is 19.6. The smallest absolute Gasteiger partial charge is 0.251 e. The van der Waals surface area contributed by atoms with Crippen LogP contribution in [0.25, 0.3) is 0 Å². The minimum absolute atomic E-state index is 0.191. The van der Waals surface area contributed by atoms with E-state index in [-0.39, 0.29) is 11.9 Å². The van der Waals surface area contributed by atoms with Crippen LogP contribution in [0.3, 0.4) is 0 Å². The number of rotatable bonds is 8. The third-order valence-electron chi connectivity index (χ3n) is 5.16. The molecule has 30 heavy (non-hydrogen) atoms. The number of sulfonamides is 1. The summed E-state index contributed by atoms with van der Waals surface area (Å²) in [6, 6.07) is 10.5. The van der Waals surface area contributed by atoms with E-state index in [1.54, 1.807) is 38.3 Å². The lowest BCUT2D eigenvalue weighted by Crippen LogP contribution is -2.30. The number of benzene rings is 2. The highest BCUT2D eigenvalue weighted by Gasteiger charge is 2.19. The van der Waals surface area contributed by atoms with Gasteiger partial charge in [-0.15, -0.1) is 0 Å². The van der Waals surface area contributed by atoms with E-state index in [4.69, 9.17) is 4.74 Å². The monoisotopic (exact) mass is 432 g/mol. The number of nitrogens with zero attached hydrogens (tertiary/aromatic N) is 1. The zero-order chi connectivity index (χ0) is 22.6. The van der Waals surface area contributed by atoms with Crippen molar-refractivity contribution in [1.82, 2.24) is 5.32 Å². The Morgan fingerprint density at radius 3 is 2.17 bits per heavy atom. The molecule has 0 radical (unpaired) electrons. The predicted molar refractivity (Wildman–Crippen MR) is 122 cm³/mol. The van der Waals surface area contributed by atoms with E-state index in [0.29, 0.717) is 23.7 Å². The summed E-state index contributed by atoms with van der Waals surface area (Å²) >= 11 is 0. The van der Waals surface area contributed by atoms with Gasteiger partial charge in [0, 0.05) is 12.1 Å². The second-order valence-corrected chi connectivity index (χ2v) is 9.68. The molecule has 0 heterocycles. The molecule has 0 fully saturated rings. The predicted octanol–water partition coefficient (Wildman–Crippen LogP) is 4.40.